The Kier molecular flexibility index (Phi) is 8.17. The summed E-state index contributed by atoms with van der Waals surface area (Å²) < 4.78 is 6.13. The number of esters is 1. The Balaban J connectivity index is 1.02. The summed E-state index contributed by atoms with van der Waals surface area (Å²) in [5.41, 5.74) is 3.98. The van der Waals surface area contributed by atoms with Gasteiger partial charge < -0.3 is 4.74 Å². The van der Waals surface area contributed by atoms with Gasteiger partial charge in [0.25, 0.3) is 0 Å². The quantitative estimate of drug-likeness (QED) is 0.195. The lowest BCUT2D eigenvalue weighted by atomic mass is 9.47. The number of fused-ring (bicyclic) bond motifs is 7. The van der Waals surface area contributed by atoms with E-state index in [2.05, 4.69) is 40.7 Å². The van der Waals surface area contributed by atoms with E-state index in [1.165, 1.54) is 56.9 Å². The lowest BCUT2D eigenvalue weighted by molar-refractivity contribution is -0.0594. The first-order chi connectivity index (χ1) is 22.0. The van der Waals surface area contributed by atoms with Gasteiger partial charge in [-0.15, -0.1) is 0 Å². The Morgan fingerprint density at radius 3 is 2.30 bits per heavy atom. The Bertz CT molecular complexity index is 1580. The van der Waals surface area contributed by atoms with Crippen LogP contribution in [0.5, 0.6) is 0 Å². The molecule has 0 aliphatic heterocycles. The maximum atomic E-state index is 13.4. The van der Waals surface area contributed by atoms with Crippen LogP contribution < -0.4 is 0 Å². The van der Waals surface area contributed by atoms with Gasteiger partial charge in [-0.25, -0.2) is 4.79 Å². The fourth-order valence-electron chi connectivity index (χ4n) is 11.2. The Morgan fingerprint density at radius 2 is 1.57 bits per heavy atom. The normalized spacial score (nSPS) is 33.7. The first-order valence-electron chi connectivity index (χ1n) is 18.2. The number of ether oxygens (including phenoxy) is 1. The lowest BCUT2D eigenvalue weighted by Crippen LogP contribution is -2.51. The molecule has 3 saturated carbocycles. The molecule has 7 rings (SSSR count). The van der Waals surface area contributed by atoms with Crippen LogP contribution in [0.4, 0.5) is 0 Å². The predicted molar refractivity (Wildman–Crippen MR) is 182 cm³/mol. The van der Waals surface area contributed by atoms with E-state index in [4.69, 9.17) is 4.74 Å². The maximum absolute atomic E-state index is 13.4. The van der Waals surface area contributed by atoms with Gasteiger partial charge in [0.15, 0.2) is 11.6 Å². The van der Waals surface area contributed by atoms with E-state index in [1.54, 1.807) is 42.5 Å². The second-order valence-corrected chi connectivity index (χ2v) is 16.5. The molecule has 0 amide bonds. The second-order valence-electron chi connectivity index (χ2n) is 16.5. The number of hydrogen-bond acceptors (Lipinski definition) is 4. The van der Waals surface area contributed by atoms with Crippen LogP contribution in [0, 0.1) is 46.3 Å². The van der Waals surface area contributed by atoms with E-state index >= 15 is 0 Å². The highest BCUT2D eigenvalue weighted by atomic mass is 16.5. The first kappa shape index (κ1) is 31.6. The van der Waals surface area contributed by atoms with Crippen molar-refractivity contribution < 1.29 is 19.1 Å². The zero-order valence-corrected chi connectivity index (χ0v) is 28.6. The van der Waals surface area contributed by atoms with Gasteiger partial charge in [0.2, 0.25) is 0 Å². The molecule has 0 aromatic heterocycles. The van der Waals surface area contributed by atoms with Crippen molar-refractivity contribution in [2.24, 2.45) is 46.3 Å². The number of carbonyl (C=O) groups is 3. The van der Waals surface area contributed by atoms with E-state index in [-0.39, 0.29) is 23.1 Å². The third-order valence-corrected chi connectivity index (χ3v) is 13.7. The lowest BCUT2D eigenvalue weighted by Gasteiger charge is -2.58. The highest BCUT2D eigenvalue weighted by molar-refractivity contribution is 6.28. The Hall–Kier alpha value is -3.01. The Morgan fingerprint density at radius 1 is 0.848 bits per heavy atom. The molecule has 0 spiro atoms. The summed E-state index contributed by atoms with van der Waals surface area (Å²) >= 11 is 0. The summed E-state index contributed by atoms with van der Waals surface area (Å²) in [5, 5.41) is 0. The van der Waals surface area contributed by atoms with Gasteiger partial charge in [-0.1, -0.05) is 89.8 Å². The van der Waals surface area contributed by atoms with Crippen LogP contribution in [0.2, 0.25) is 0 Å². The molecule has 0 N–H and O–H groups in total. The number of rotatable bonds is 7. The third-order valence-electron chi connectivity index (χ3n) is 13.7. The number of benzene rings is 2. The molecule has 244 valence electrons. The Labute approximate surface area is 275 Å². The van der Waals surface area contributed by atoms with Gasteiger partial charge in [0, 0.05) is 28.7 Å². The zero-order chi connectivity index (χ0) is 32.4. The smallest absolute Gasteiger partial charge is 0.338 e. The average molecular weight is 621 g/mol. The van der Waals surface area contributed by atoms with Crippen molar-refractivity contribution in [3.63, 3.8) is 0 Å². The van der Waals surface area contributed by atoms with Crippen molar-refractivity contribution in [2.45, 2.75) is 111 Å². The molecule has 1 unspecified atom stereocenters. The van der Waals surface area contributed by atoms with Crippen LogP contribution in [0.15, 0.2) is 54.1 Å². The standard InChI is InChI=1S/C42H52O4/c1-25(2)9-8-10-26(3)35-17-18-36-33-16-14-28-24-29(19-21-41(28,4)37(33)20-22-42(35,36)5)46-40(45)27-13-15-32-34(23-27)39(44)31-12-7-6-11-30(31)38(32)43/h6-7,11-15,23,25-26,29,33,35-37H,8-10,16-22,24H2,1-5H3/t26-,29?,33+,35-,36+,37+,41+,42-/m1/s1. The van der Waals surface area contributed by atoms with E-state index in [1.807, 2.05) is 0 Å². The van der Waals surface area contributed by atoms with Gasteiger partial charge in [0.1, 0.15) is 6.10 Å². The van der Waals surface area contributed by atoms with Crippen LogP contribution in [-0.2, 0) is 4.74 Å². The van der Waals surface area contributed by atoms with E-state index < -0.39 is 5.97 Å². The summed E-state index contributed by atoms with van der Waals surface area (Å²) in [5.74, 6) is 4.04. The summed E-state index contributed by atoms with van der Waals surface area (Å²) in [4.78, 5) is 39.6. The summed E-state index contributed by atoms with van der Waals surface area (Å²) in [7, 11) is 0. The number of allylic oxidation sites excluding steroid dienone is 1. The minimum absolute atomic E-state index is 0.158. The van der Waals surface area contributed by atoms with Crippen LogP contribution in [-0.4, -0.2) is 23.6 Å². The monoisotopic (exact) mass is 620 g/mol. The molecule has 0 saturated heterocycles. The average Bonchev–Trinajstić information content (AvgIpc) is 3.40. The van der Waals surface area contributed by atoms with Crippen molar-refractivity contribution in [3.05, 3.63) is 81.9 Å². The van der Waals surface area contributed by atoms with Crippen LogP contribution >= 0.6 is 0 Å². The van der Waals surface area contributed by atoms with Crippen molar-refractivity contribution in [1.29, 1.82) is 0 Å². The molecule has 4 nitrogen and oxygen atoms in total. The van der Waals surface area contributed by atoms with Crippen molar-refractivity contribution in [1.82, 2.24) is 0 Å². The topological polar surface area (TPSA) is 60.4 Å². The van der Waals surface area contributed by atoms with Gasteiger partial charge in [-0.3, -0.25) is 9.59 Å². The first-order valence-corrected chi connectivity index (χ1v) is 18.2. The molecule has 2 aromatic rings. The number of hydrogen-bond donors (Lipinski definition) is 0. The molecule has 8 atom stereocenters. The summed E-state index contributed by atoms with van der Waals surface area (Å²) in [6, 6.07) is 11.7. The van der Waals surface area contributed by atoms with Crippen molar-refractivity contribution in [2.75, 3.05) is 0 Å². The zero-order valence-electron chi connectivity index (χ0n) is 28.6. The van der Waals surface area contributed by atoms with Gasteiger partial charge in [-0.2, -0.15) is 0 Å². The van der Waals surface area contributed by atoms with Crippen LogP contribution in [0.3, 0.4) is 0 Å². The van der Waals surface area contributed by atoms with Crippen LogP contribution in [0.1, 0.15) is 147 Å². The summed E-state index contributed by atoms with van der Waals surface area (Å²) in [6.45, 7) is 12.4. The fourth-order valence-corrected chi connectivity index (χ4v) is 11.2. The highest BCUT2D eigenvalue weighted by Crippen LogP contribution is 2.67. The number of ketones is 2. The van der Waals surface area contributed by atoms with Crippen molar-refractivity contribution >= 4 is 17.5 Å². The molecule has 4 heteroatoms. The summed E-state index contributed by atoms with van der Waals surface area (Å²) in [6.07, 6.45) is 15.9. The van der Waals surface area contributed by atoms with Gasteiger partial charge in [0.05, 0.1) is 5.56 Å². The fraction of sp³-hybridized carbons (Fsp3) is 0.595. The molecule has 0 heterocycles. The predicted octanol–water partition coefficient (Wildman–Crippen LogP) is 10.0. The molecule has 5 aliphatic rings. The maximum Gasteiger partial charge on any atom is 0.338 e. The van der Waals surface area contributed by atoms with Gasteiger partial charge in [-0.05, 0) is 109 Å². The second kappa shape index (κ2) is 11.9. The van der Waals surface area contributed by atoms with E-state index in [0.29, 0.717) is 33.2 Å². The molecular weight excluding hydrogens is 568 g/mol. The minimum atomic E-state index is -0.405. The molecule has 5 aliphatic carbocycles. The molecular formula is C42H52O4. The van der Waals surface area contributed by atoms with E-state index in [9.17, 15) is 14.4 Å². The number of carbonyl (C=O) groups excluding carboxylic acids is 3. The van der Waals surface area contributed by atoms with E-state index in [0.717, 1.165) is 54.8 Å². The third kappa shape index (κ3) is 5.13. The largest absolute Gasteiger partial charge is 0.458 e. The highest BCUT2D eigenvalue weighted by Gasteiger charge is 2.59. The molecule has 46 heavy (non-hydrogen) atoms. The molecule has 2 aromatic carbocycles. The minimum Gasteiger partial charge on any atom is -0.458 e. The molecule has 0 bridgehead atoms. The SMILES string of the molecule is CC(C)CCC[C@@H](C)[C@H]1CC[C@H]2[C@@H]3CC=C4CC(OC(=O)c5ccc6c(c5)C(=O)c5ccccc5C6=O)CC[C@]4(C)[C@H]3CC[C@]12C. The van der Waals surface area contributed by atoms with Crippen LogP contribution in [0.25, 0.3) is 0 Å². The van der Waals surface area contributed by atoms with Crippen molar-refractivity contribution in [3.8, 4) is 0 Å². The van der Waals surface area contributed by atoms with Gasteiger partial charge >= 0.3 is 5.97 Å². The molecule has 3 fully saturated rings. The molecule has 0 radical (unpaired) electrons.